The van der Waals surface area contributed by atoms with Crippen molar-refractivity contribution in [1.29, 1.82) is 0 Å². The largest absolute Gasteiger partial charge is 0.480 e. The molecule has 0 atom stereocenters. The van der Waals surface area contributed by atoms with Crippen molar-refractivity contribution in [2.24, 2.45) is 0 Å². The molecule has 1 fully saturated rings. The van der Waals surface area contributed by atoms with E-state index in [0.29, 0.717) is 13.1 Å². The van der Waals surface area contributed by atoms with Gasteiger partial charge in [-0.2, -0.15) is 0 Å². The Balaban J connectivity index is 1.98. The van der Waals surface area contributed by atoms with Crippen molar-refractivity contribution in [2.45, 2.75) is 12.5 Å². The number of methoxy groups -OCH3 is 1. The Morgan fingerprint density at radius 3 is 2.80 bits per heavy atom. The number of ether oxygens (including phenoxy) is 2. The molecule has 0 bridgehead atoms. The lowest BCUT2D eigenvalue weighted by Gasteiger charge is -2.48. The first-order valence-corrected chi connectivity index (χ1v) is 6.08. The number of anilines is 1. The molecule has 1 aliphatic heterocycles. The number of rotatable bonds is 5. The second kappa shape index (κ2) is 5.46. The molecule has 20 heavy (non-hydrogen) atoms. The molecular formula is C13H16N2O5. The van der Waals surface area contributed by atoms with Crippen LogP contribution in [0.15, 0.2) is 18.3 Å². The topological polar surface area (TPSA) is 89.0 Å². The van der Waals surface area contributed by atoms with Crippen LogP contribution in [0.3, 0.4) is 0 Å². The summed E-state index contributed by atoms with van der Waals surface area (Å²) < 4.78 is 9.95. The van der Waals surface area contributed by atoms with Gasteiger partial charge in [-0.25, -0.2) is 14.6 Å². The lowest BCUT2D eigenvalue weighted by Crippen LogP contribution is -2.62. The molecule has 0 spiro atoms. The smallest absolute Gasteiger partial charge is 0.356 e. The van der Waals surface area contributed by atoms with Gasteiger partial charge in [0.2, 0.25) is 0 Å². The minimum Gasteiger partial charge on any atom is -0.480 e. The summed E-state index contributed by atoms with van der Waals surface area (Å²) in [7, 11) is 1.30. The zero-order chi connectivity index (χ0) is 14.8. The summed E-state index contributed by atoms with van der Waals surface area (Å²) in [6.07, 6.45) is 1.54. The fourth-order valence-corrected chi connectivity index (χ4v) is 2.10. The van der Waals surface area contributed by atoms with Gasteiger partial charge in [0.25, 0.3) is 0 Å². The summed E-state index contributed by atoms with van der Waals surface area (Å²) in [4.78, 5) is 27.8. The van der Waals surface area contributed by atoms with E-state index in [1.807, 2.05) is 11.8 Å². The average Bonchev–Trinajstić information content (AvgIpc) is 2.41. The number of nitrogens with zero attached hydrogens (tertiary/aromatic N) is 2. The van der Waals surface area contributed by atoms with Gasteiger partial charge in [-0.3, -0.25) is 0 Å². The van der Waals surface area contributed by atoms with Crippen molar-refractivity contribution in [2.75, 3.05) is 31.7 Å². The van der Waals surface area contributed by atoms with Gasteiger partial charge in [0.15, 0.2) is 0 Å². The third-order valence-corrected chi connectivity index (χ3v) is 3.10. The average molecular weight is 280 g/mol. The third-order valence-electron chi connectivity index (χ3n) is 3.10. The summed E-state index contributed by atoms with van der Waals surface area (Å²) in [5, 5.41) is 8.61. The van der Waals surface area contributed by atoms with Gasteiger partial charge in [-0.1, -0.05) is 0 Å². The van der Waals surface area contributed by atoms with Gasteiger partial charge in [0.1, 0.15) is 17.9 Å². The molecule has 108 valence electrons. The molecule has 0 unspecified atom stereocenters. The predicted octanol–water partition coefficient (Wildman–Crippen LogP) is 0.548. The van der Waals surface area contributed by atoms with E-state index >= 15 is 0 Å². The van der Waals surface area contributed by atoms with E-state index in [-0.39, 0.29) is 12.3 Å². The Labute approximate surface area is 116 Å². The Morgan fingerprint density at radius 2 is 2.20 bits per heavy atom. The molecule has 1 aromatic rings. The zero-order valence-corrected chi connectivity index (χ0v) is 11.3. The number of hydrogen-bond acceptors (Lipinski definition) is 6. The van der Waals surface area contributed by atoms with Crippen LogP contribution >= 0.6 is 0 Å². The van der Waals surface area contributed by atoms with Crippen molar-refractivity contribution < 1.29 is 24.2 Å². The number of carbonyl (C=O) groups excluding carboxylic acids is 1. The van der Waals surface area contributed by atoms with Crippen molar-refractivity contribution in [1.82, 2.24) is 4.98 Å². The number of hydrogen-bond donors (Lipinski definition) is 1. The van der Waals surface area contributed by atoms with Crippen LogP contribution in [-0.2, 0) is 14.3 Å². The Kier molecular flexibility index (Phi) is 3.89. The number of carboxylic acid groups (broad SMARTS) is 1. The Hall–Kier alpha value is -2.15. The Bertz CT molecular complexity index is 525. The lowest BCUT2D eigenvalue weighted by molar-refractivity contribution is -0.150. The fraction of sp³-hybridized carbons (Fsp3) is 0.462. The van der Waals surface area contributed by atoms with Gasteiger partial charge < -0.3 is 19.5 Å². The van der Waals surface area contributed by atoms with E-state index in [9.17, 15) is 9.59 Å². The van der Waals surface area contributed by atoms with Gasteiger partial charge in [-0.05, 0) is 19.1 Å². The van der Waals surface area contributed by atoms with Crippen molar-refractivity contribution in [3.05, 3.63) is 24.0 Å². The highest BCUT2D eigenvalue weighted by Crippen LogP contribution is 2.30. The van der Waals surface area contributed by atoms with E-state index in [1.165, 1.54) is 13.3 Å². The van der Waals surface area contributed by atoms with Crippen LogP contribution in [0.2, 0.25) is 0 Å². The minimum atomic E-state index is -0.985. The number of carboxylic acids is 1. The maximum atomic E-state index is 11.4. The van der Waals surface area contributed by atoms with Crippen LogP contribution in [0.5, 0.6) is 0 Å². The second-order valence-corrected chi connectivity index (χ2v) is 4.88. The summed E-state index contributed by atoms with van der Waals surface area (Å²) in [5.41, 5.74) is 0.592. The number of aromatic nitrogens is 1. The zero-order valence-electron chi connectivity index (χ0n) is 11.3. The first kappa shape index (κ1) is 14.3. The fourth-order valence-electron chi connectivity index (χ4n) is 2.10. The molecule has 7 nitrogen and oxygen atoms in total. The van der Waals surface area contributed by atoms with E-state index in [1.54, 1.807) is 12.1 Å². The van der Waals surface area contributed by atoms with Crippen LogP contribution in [0.25, 0.3) is 0 Å². The van der Waals surface area contributed by atoms with E-state index in [2.05, 4.69) is 9.72 Å². The molecule has 1 N–H and O–H groups in total. The lowest BCUT2D eigenvalue weighted by atomic mass is 9.95. The standard InChI is InChI=1S/C13H16N2O5/c1-13(20-6-11(16)17)7-15(8-13)9-3-4-14-10(5-9)12(18)19-2/h3-5H,6-8H2,1-2H3,(H,16,17). The van der Waals surface area contributed by atoms with Crippen molar-refractivity contribution in [3.8, 4) is 0 Å². The van der Waals surface area contributed by atoms with Gasteiger partial charge in [0, 0.05) is 25.0 Å². The third kappa shape index (κ3) is 3.05. The molecule has 1 saturated heterocycles. The molecule has 1 aliphatic rings. The number of carbonyl (C=O) groups is 2. The molecular weight excluding hydrogens is 264 g/mol. The van der Waals surface area contributed by atoms with Gasteiger partial charge in [0.05, 0.1) is 7.11 Å². The summed E-state index contributed by atoms with van der Waals surface area (Å²) in [5.74, 6) is -1.47. The molecule has 0 aromatic carbocycles. The van der Waals surface area contributed by atoms with E-state index < -0.39 is 17.5 Å². The SMILES string of the molecule is COC(=O)c1cc(N2CC(C)(OCC(=O)O)C2)ccn1. The summed E-state index contributed by atoms with van der Waals surface area (Å²) >= 11 is 0. The first-order chi connectivity index (χ1) is 9.43. The molecule has 2 rings (SSSR count). The molecule has 0 amide bonds. The highest BCUT2D eigenvalue weighted by molar-refractivity contribution is 5.88. The number of pyridine rings is 1. The van der Waals surface area contributed by atoms with Crippen molar-refractivity contribution >= 4 is 17.6 Å². The van der Waals surface area contributed by atoms with Gasteiger partial charge in [-0.15, -0.1) is 0 Å². The quantitative estimate of drug-likeness (QED) is 0.788. The minimum absolute atomic E-state index is 0.241. The van der Waals surface area contributed by atoms with Gasteiger partial charge >= 0.3 is 11.9 Å². The molecule has 0 radical (unpaired) electrons. The number of esters is 1. The molecule has 1 aromatic heterocycles. The molecule has 7 heteroatoms. The maximum Gasteiger partial charge on any atom is 0.356 e. The highest BCUT2D eigenvalue weighted by Gasteiger charge is 2.40. The normalized spacial score (nSPS) is 16.4. The summed E-state index contributed by atoms with van der Waals surface area (Å²) in [6.45, 7) is 2.67. The molecule has 0 saturated carbocycles. The van der Waals surface area contributed by atoms with E-state index in [0.717, 1.165) is 5.69 Å². The van der Waals surface area contributed by atoms with Crippen LogP contribution in [-0.4, -0.2) is 54.4 Å². The predicted molar refractivity (Wildman–Crippen MR) is 69.8 cm³/mol. The van der Waals surface area contributed by atoms with Crippen LogP contribution in [0, 0.1) is 0 Å². The van der Waals surface area contributed by atoms with Crippen molar-refractivity contribution in [3.63, 3.8) is 0 Å². The second-order valence-electron chi connectivity index (χ2n) is 4.88. The molecule has 0 aliphatic carbocycles. The summed E-state index contributed by atoms with van der Waals surface area (Å²) in [6, 6.07) is 3.42. The number of aliphatic carboxylic acids is 1. The van der Waals surface area contributed by atoms with Crippen LogP contribution in [0.4, 0.5) is 5.69 Å². The molecule has 2 heterocycles. The monoisotopic (exact) mass is 280 g/mol. The first-order valence-electron chi connectivity index (χ1n) is 6.08. The highest BCUT2D eigenvalue weighted by atomic mass is 16.5. The maximum absolute atomic E-state index is 11.4. The van der Waals surface area contributed by atoms with E-state index in [4.69, 9.17) is 9.84 Å². The Morgan fingerprint density at radius 1 is 1.50 bits per heavy atom. The van der Waals surface area contributed by atoms with Crippen LogP contribution < -0.4 is 4.90 Å². The van der Waals surface area contributed by atoms with Crippen LogP contribution in [0.1, 0.15) is 17.4 Å².